The van der Waals surface area contributed by atoms with Crippen molar-refractivity contribution in [2.75, 3.05) is 12.4 Å². The molecule has 0 fully saturated rings. The molecule has 0 saturated carbocycles. The Hall–Kier alpha value is -2.10. The summed E-state index contributed by atoms with van der Waals surface area (Å²) in [6.45, 7) is -0.771. The van der Waals surface area contributed by atoms with Crippen molar-refractivity contribution in [2.24, 2.45) is 5.73 Å². The zero-order valence-electron chi connectivity index (χ0n) is 12.2. The Morgan fingerprint density at radius 3 is 2.22 bits per heavy atom. The Bertz CT molecular complexity index is 555. The number of carbonyl (C=O) groups excluding carboxylic acids is 2. The fourth-order valence-electron chi connectivity index (χ4n) is 1.72. The van der Waals surface area contributed by atoms with Crippen LogP contribution in [0.1, 0.15) is 11.6 Å². The van der Waals surface area contributed by atoms with Gasteiger partial charge in [-0.15, -0.1) is 0 Å². The van der Waals surface area contributed by atoms with Gasteiger partial charge in [0.05, 0.1) is 12.6 Å². The lowest BCUT2D eigenvalue weighted by Gasteiger charge is -2.22. The van der Waals surface area contributed by atoms with Crippen molar-refractivity contribution in [1.29, 1.82) is 0 Å². The predicted molar refractivity (Wildman–Crippen MR) is 85.8 cm³/mol. The van der Waals surface area contributed by atoms with Crippen molar-refractivity contribution in [2.45, 2.75) is 18.1 Å². The SMILES string of the molecule is N[C@@H](CS)C(=O)N[C@H](C(=O)N[C@@H](CO)C(=O)O)c1ccccc1. The lowest BCUT2D eigenvalue weighted by molar-refractivity contribution is -0.143. The number of nitrogens with one attached hydrogen (secondary N) is 2. The molecule has 0 aliphatic heterocycles. The number of aliphatic carboxylic acids is 1. The lowest BCUT2D eigenvalue weighted by Crippen LogP contribution is -2.51. The van der Waals surface area contributed by atoms with E-state index in [9.17, 15) is 14.4 Å². The van der Waals surface area contributed by atoms with Gasteiger partial charge in [-0.3, -0.25) is 9.59 Å². The minimum Gasteiger partial charge on any atom is -0.480 e. The molecule has 0 bridgehead atoms. The Labute approximate surface area is 138 Å². The Morgan fingerprint density at radius 2 is 1.74 bits per heavy atom. The minimum atomic E-state index is -1.47. The third-order valence-corrected chi connectivity index (χ3v) is 3.41. The molecule has 0 heterocycles. The normalized spacial score (nSPS) is 14.4. The fourth-order valence-corrected chi connectivity index (χ4v) is 1.88. The second-order valence-electron chi connectivity index (χ2n) is 4.72. The molecule has 0 spiro atoms. The van der Waals surface area contributed by atoms with Gasteiger partial charge in [0, 0.05) is 5.75 Å². The molecule has 0 aromatic heterocycles. The maximum absolute atomic E-state index is 12.3. The van der Waals surface area contributed by atoms with Crippen LogP contribution in [0.5, 0.6) is 0 Å². The van der Waals surface area contributed by atoms with E-state index in [1.807, 2.05) is 0 Å². The monoisotopic (exact) mass is 341 g/mol. The molecule has 3 atom stereocenters. The van der Waals surface area contributed by atoms with Gasteiger partial charge in [-0.1, -0.05) is 30.3 Å². The van der Waals surface area contributed by atoms with Crippen molar-refractivity contribution >= 4 is 30.4 Å². The maximum Gasteiger partial charge on any atom is 0.328 e. The number of hydrogen-bond acceptors (Lipinski definition) is 6. The molecule has 9 heteroatoms. The van der Waals surface area contributed by atoms with E-state index in [1.165, 1.54) is 0 Å². The first-order valence-corrected chi connectivity index (χ1v) is 7.39. The van der Waals surface area contributed by atoms with Crippen LogP contribution in [0.2, 0.25) is 0 Å². The van der Waals surface area contributed by atoms with Gasteiger partial charge in [0.2, 0.25) is 11.8 Å². The van der Waals surface area contributed by atoms with Crippen molar-refractivity contribution in [3.63, 3.8) is 0 Å². The van der Waals surface area contributed by atoms with Gasteiger partial charge in [0.25, 0.3) is 0 Å². The summed E-state index contributed by atoms with van der Waals surface area (Å²) in [5, 5.41) is 22.5. The van der Waals surface area contributed by atoms with E-state index in [0.717, 1.165) is 0 Å². The molecular formula is C14H19N3O5S. The summed E-state index contributed by atoms with van der Waals surface area (Å²) < 4.78 is 0. The lowest BCUT2D eigenvalue weighted by atomic mass is 10.1. The van der Waals surface area contributed by atoms with Crippen LogP contribution >= 0.6 is 12.6 Å². The van der Waals surface area contributed by atoms with Gasteiger partial charge in [-0.2, -0.15) is 12.6 Å². The van der Waals surface area contributed by atoms with Crippen molar-refractivity contribution in [3.05, 3.63) is 35.9 Å². The molecule has 126 valence electrons. The highest BCUT2D eigenvalue weighted by Gasteiger charge is 2.28. The van der Waals surface area contributed by atoms with E-state index in [4.69, 9.17) is 15.9 Å². The number of carbonyl (C=O) groups is 3. The smallest absolute Gasteiger partial charge is 0.328 e. The molecule has 1 rings (SSSR count). The van der Waals surface area contributed by atoms with Crippen LogP contribution in [-0.2, 0) is 14.4 Å². The van der Waals surface area contributed by atoms with Crippen LogP contribution in [0, 0.1) is 0 Å². The molecule has 1 aromatic carbocycles. The Kier molecular flexibility index (Phi) is 7.52. The second kappa shape index (κ2) is 9.13. The summed E-state index contributed by atoms with van der Waals surface area (Å²) in [4.78, 5) is 35.1. The summed E-state index contributed by atoms with van der Waals surface area (Å²) in [5.41, 5.74) is 6.02. The largest absolute Gasteiger partial charge is 0.480 e. The van der Waals surface area contributed by atoms with Gasteiger partial charge in [0.1, 0.15) is 12.1 Å². The van der Waals surface area contributed by atoms with Crippen LogP contribution in [-0.4, -0.2) is 52.4 Å². The first-order valence-electron chi connectivity index (χ1n) is 6.76. The van der Waals surface area contributed by atoms with Crippen molar-refractivity contribution in [3.8, 4) is 0 Å². The number of benzene rings is 1. The number of rotatable bonds is 8. The first kappa shape index (κ1) is 18.9. The molecule has 0 unspecified atom stereocenters. The first-order chi connectivity index (χ1) is 10.9. The number of thiol groups is 1. The second-order valence-corrected chi connectivity index (χ2v) is 5.09. The molecule has 0 aliphatic rings. The molecular weight excluding hydrogens is 322 g/mol. The number of aliphatic hydroxyl groups excluding tert-OH is 1. The van der Waals surface area contributed by atoms with Crippen LogP contribution in [0.15, 0.2) is 30.3 Å². The van der Waals surface area contributed by atoms with E-state index in [-0.39, 0.29) is 5.75 Å². The summed E-state index contributed by atoms with van der Waals surface area (Å²) in [6, 6.07) is 4.75. The molecule has 0 aliphatic carbocycles. The van der Waals surface area contributed by atoms with E-state index >= 15 is 0 Å². The minimum absolute atomic E-state index is 0.0867. The number of amides is 2. The topological polar surface area (TPSA) is 142 Å². The number of carboxylic acids is 1. The van der Waals surface area contributed by atoms with Crippen LogP contribution in [0.4, 0.5) is 0 Å². The van der Waals surface area contributed by atoms with E-state index < -0.39 is 42.5 Å². The number of nitrogens with two attached hydrogens (primary N) is 1. The standard InChI is InChI=1S/C14H19N3O5S/c15-9(7-23)12(19)17-11(8-4-2-1-3-5-8)13(20)16-10(6-18)14(21)22/h1-5,9-11,18,23H,6-7,15H2,(H,16,20)(H,17,19)(H,21,22)/t9-,10-,11-/m0/s1. The number of hydrogen-bond donors (Lipinski definition) is 6. The zero-order chi connectivity index (χ0) is 17.4. The van der Waals surface area contributed by atoms with E-state index in [0.29, 0.717) is 5.56 Å². The average Bonchev–Trinajstić information content (AvgIpc) is 2.56. The molecule has 0 radical (unpaired) electrons. The summed E-state index contributed by atoms with van der Waals surface area (Å²) >= 11 is 3.92. The quantitative estimate of drug-likeness (QED) is 0.323. The predicted octanol–water partition coefficient (Wildman–Crippen LogP) is -1.34. The van der Waals surface area contributed by atoms with Gasteiger partial charge >= 0.3 is 5.97 Å². The van der Waals surface area contributed by atoms with Gasteiger partial charge in [-0.25, -0.2) is 4.79 Å². The molecule has 23 heavy (non-hydrogen) atoms. The van der Waals surface area contributed by atoms with Gasteiger partial charge in [-0.05, 0) is 5.56 Å². The molecule has 1 aromatic rings. The highest BCUT2D eigenvalue weighted by Crippen LogP contribution is 2.13. The van der Waals surface area contributed by atoms with Crippen LogP contribution in [0.25, 0.3) is 0 Å². The van der Waals surface area contributed by atoms with Crippen LogP contribution in [0.3, 0.4) is 0 Å². The number of carboxylic acid groups (broad SMARTS) is 1. The maximum atomic E-state index is 12.3. The van der Waals surface area contributed by atoms with E-state index in [1.54, 1.807) is 30.3 Å². The third-order valence-electron chi connectivity index (χ3n) is 3.01. The van der Waals surface area contributed by atoms with Crippen molar-refractivity contribution in [1.82, 2.24) is 10.6 Å². The number of aliphatic hydroxyl groups is 1. The fraction of sp³-hybridized carbons (Fsp3) is 0.357. The third kappa shape index (κ3) is 5.55. The van der Waals surface area contributed by atoms with E-state index in [2.05, 4.69) is 23.3 Å². The zero-order valence-corrected chi connectivity index (χ0v) is 13.1. The summed E-state index contributed by atoms with van der Waals surface area (Å²) in [6.07, 6.45) is 0. The highest BCUT2D eigenvalue weighted by molar-refractivity contribution is 7.80. The van der Waals surface area contributed by atoms with Crippen molar-refractivity contribution < 1.29 is 24.6 Å². The molecule has 0 saturated heterocycles. The molecule has 6 N–H and O–H groups in total. The Morgan fingerprint density at radius 1 is 1.13 bits per heavy atom. The summed E-state index contributed by atoms with van der Waals surface area (Å²) in [5.74, 6) is -2.66. The van der Waals surface area contributed by atoms with Gasteiger partial charge in [0.15, 0.2) is 0 Å². The van der Waals surface area contributed by atoms with Crippen LogP contribution < -0.4 is 16.4 Å². The summed E-state index contributed by atoms with van der Waals surface area (Å²) in [7, 11) is 0. The van der Waals surface area contributed by atoms with Gasteiger partial charge < -0.3 is 26.6 Å². The Balaban J connectivity index is 2.97. The highest BCUT2D eigenvalue weighted by atomic mass is 32.1. The molecule has 2 amide bonds. The average molecular weight is 341 g/mol. The molecule has 8 nitrogen and oxygen atoms in total.